The van der Waals surface area contributed by atoms with Crippen molar-refractivity contribution in [3.05, 3.63) is 17.8 Å². The Labute approximate surface area is 108 Å². The van der Waals surface area contributed by atoms with Crippen molar-refractivity contribution in [3.8, 4) is 0 Å². The molecule has 106 valence electrons. The van der Waals surface area contributed by atoms with Gasteiger partial charge in [-0.1, -0.05) is 0 Å². The molecule has 1 heterocycles. The molecule has 0 saturated heterocycles. The second-order valence-electron chi connectivity index (χ2n) is 3.81. The molecular formula is C11H15F3N4O. The van der Waals surface area contributed by atoms with E-state index in [0.29, 0.717) is 12.4 Å². The number of halogens is 3. The van der Waals surface area contributed by atoms with Crippen LogP contribution in [0.5, 0.6) is 0 Å². The van der Waals surface area contributed by atoms with Gasteiger partial charge < -0.3 is 10.6 Å². The van der Waals surface area contributed by atoms with E-state index in [4.69, 9.17) is 0 Å². The lowest BCUT2D eigenvalue weighted by Gasteiger charge is -2.07. The summed E-state index contributed by atoms with van der Waals surface area (Å²) in [5, 5.41) is 12.7. The summed E-state index contributed by atoms with van der Waals surface area (Å²) < 4.78 is 35.6. The molecule has 0 bridgehead atoms. The number of hydrogen-bond donors (Lipinski definition) is 2. The second kappa shape index (κ2) is 6.91. The van der Waals surface area contributed by atoms with Gasteiger partial charge in [0.2, 0.25) is 0 Å². The molecule has 0 unspecified atom stereocenters. The van der Waals surface area contributed by atoms with Gasteiger partial charge in [-0.3, -0.25) is 4.79 Å². The highest BCUT2D eigenvalue weighted by Gasteiger charge is 2.26. The number of hydrogen-bond acceptors (Lipinski definition) is 4. The summed E-state index contributed by atoms with van der Waals surface area (Å²) in [5.74, 6) is 0.00819. The predicted octanol–water partition coefficient (Wildman–Crippen LogP) is 1.98. The molecule has 0 aliphatic rings. The van der Waals surface area contributed by atoms with E-state index in [9.17, 15) is 18.0 Å². The first-order valence-corrected chi connectivity index (χ1v) is 5.85. The number of carbonyl (C=O) groups is 1. The summed E-state index contributed by atoms with van der Waals surface area (Å²) in [6, 6.07) is 3.05. The van der Waals surface area contributed by atoms with Crippen molar-refractivity contribution in [2.45, 2.75) is 25.9 Å². The molecule has 1 aromatic rings. The van der Waals surface area contributed by atoms with E-state index in [1.54, 1.807) is 6.07 Å². The fourth-order valence-electron chi connectivity index (χ4n) is 1.31. The highest BCUT2D eigenvalue weighted by Crippen LogP contribution is 2.20. The van der Waals surface area contributed by atoms with Gasteiger partial charge in [-0.25, -0.2) is 0 Å². The van der Waals surface area contributed by atoms with Crippen LogP contribution in [0.1, 0.15) is 30.3 Å². The molecule has 1 rings (SSSR count). The van der Waals surface area contributed by atoms with Crippen LogP contribution in [0.2, 0.25) is 0 Å². The third-order valence-corrected chi connectivity index (χ3v) is 2.18. The molecule has 0 spiro atoms. The van der Waals surface area contributed by atoms with Crippen molar-refractivity contribution < 1.29 is 18.0 Å². The van der Waals surface area contributed by atoms with E-state index in [-0.39, 0.29) is 18.7 Å². The largest absolute Gasteiger partial charge is 0.389 e. The Balaban J connectivity index is 2.37. The predicted molar refractivity (Wildman–Crippen MR) is 63.8 cm³/mol. The maximum Gasteiger partial charge on any atom is 0.389 e. The number of nitrogens with zero attached hydrogens (tertiary/aromatic N) is 2. The molecule has 0 saturated carbocycles. The van der Waals surface area contributed by atoms with Crippen LogP contribution in [0.4, 0.5) is 19.0 Å². The molecule has 19 heavy (non-hydrogen) atoms. The summed E-state index contributed by atoms with van der Waals surface area (Å²) in [6.45, 7) is 2.52. The molecule has 0 aromatic carbocycles. The van der Waals surface area contributed by atoms with E-state index in [1.807, 2.05) is 6.92 Å². The lowest BCUT2D eigenvalue weighted by Crippen LogP contribution is -2.26. The smallest absolute Gasteiger partial charge is 0.369 e. The lowest BCUT2D eigenvalue weighted by molar-refractivity contribution is -0.135. The van der Waals surface area contributed by atoms with Crippen LogP contribution in [0, 0.1) is 0 Å². The summed E-state index contributed by atoms with van der Waals surface area (Å²) >= 11 is 0. The maximum absolute atomic E-state index is 11.9. The van der Waals surface area contributed by atoms with Gasteiger partial charge in [-0.15, -0.1) is 10.2 Å². The van der Waals surface area contributed by atoms with Gasteiger partial charge in [0.15, 0.2) is 5.69 Å². The monoisotopic (exact) mass is 276 g/mol. The third kappa shape index (κ3) is 6.03. The number of amides is 1. The van der Waals surface area contributed by atoms with Gasteiger partial charge in [0.1, 0.15) is 5.82 Å². The maximum atomic E-state index is 11.9. The minimum absolute atomic E-state index is 0.0466. The average Bonchev–Trinajstić information content (AvgIpc) is 2.34. The first-order chi connectivity index (χ1) is 8.92. The summed E-state index contributed by atoms with van der Waals surface area (Å²) in [5.41, 5.74) is 0.0775. The Morgan fingerprint density at radius 1 is 1.32 bits per heavy atom. The molecule has 0 fully saturated rings. The Morgan fingerprint density at radius 3 is 2.58 bits per heavy atom. The van der Waals surface area contributed by atoms with Gasteiger partial charge >= 0.3 is 6.18 Å². The molecule has 1 aromatic heterocycles. The minimum atomic E-state index is -4.20. The Kier molecular flexibility index (Phi) is 5.53. The number of rotatable bonds is 6. The zero-order valence-electron chi connectivity index (χ0n) is 10.4. The molecule has 2 N–H and O–H groups in total. The molecular weight excluding hydrogens is 261 g/mol. The van der Waals surface area contributed by atoms with Crippen LogP contribution in [-0.4, -0.2) is 35.4 Å². The number of aromatic nitrogens is 2. The molecule has 0 aliphatic heterocycles. The lowest BCUT2D eigenvalue weighted by atomic mass is 10.3. The molecule has 8 heteroatoms. The van der Waals surface area contributed by atoms with Crippen LogP contribution >= 0.6 is 0 Å². The molecule has 1 amide bonds. The van der Waals surface area contributed by atoms with Crippen molar-refractivity contribution in [1.82, 2.24) is 15.5 Å². The van der Waals surface area contributed by atoms with Crippen molar-refractivity contribution in [3.63, 3.8) is 0 Å². The van der Waals surface area contributed by atoms with Crippen molar-refractivity contribution in [2.24, 2.45) is 0 Å². The SMILES string of the molecule is CCNc1ccc(C(=O)NCCCC(F)(F)F)nn1. The quantitative estimate of drug-likeness (QED) is 0.780. The third-order valence-electron chi connectivity index (χ3n) is 2.18. The van der Waals surface area contributed by atoms with E-state index < -0.39 is 18.5 Å². The van der Waals surface area contributed by atoms with Crippen molar-refractivity contribution in [1.29, 1.82) is 0 Å². The minimum Gasteiger partial charge on any atom is -0.369 e. The number of alkyl halides is 3. The highest BCUT2D eigenvalue weighted by molar-refractivity contribution is 5.92. The van der Waals surface area contributed by atoms with Gasteiger partial charge in [0.25, 0.3) is 5.91 Å². The highest BCUT2D eigenvalue weighted by atomic mass is 19.4. The van der Waals surface area contributed by atoms with Crippen LogP contribution in [0.3, 0.4) is 0 Å². The first-order valence-electron chi connectivity index (χ1n) is 5.85. The van der Waals surface area contributed by atoms with E-state index >= 15 is 0 Å². The zero-order valence-corrected chi connectivity index (χ0v) is 10.4. The topological polar surface area (TPSA) is 66.9 Å². The van der Waals surface area contributed by atoms with Gasteiger partial charge in [-0.2, -0.15) is 13.2 Å². The fraction of sp³-hybridized carbons (Fsp3) is 0.545. The summed E-state index contributed by atoms with van der Waals surface area (Å²) in [6.07, 6.45) is -5.27. The number of carbonyl (C=O) groups excluding carboxylic acids is 1. The molecule has 0 radical (unpaired) electrons. The van der Waals surface area contributed by atoms with E-state index in [1.165, 1.54) is 6.07 Å². The van der Waals surface area contributed by atoms with Gasteiger partial charge in [-0.05, 0) is 25.5 Å². The standard InChI is InChI=1S/C11H15F3N4O/c1-2-15-9-5-4-8(17-18-9)10(19)16-7-3-6-11(12,13)14/h4-5H,2-3,6-7H2,1H3,(H,15,18)(H,16,19). The van der Waals surface area contributed by atoms with Crippen LogP contribution < -0.4 is 10.6 Å². The fourth-order valence-corrected chi connectivity index (χ4v) is 1.31. The van der Waals surface area contributed by atoms with Crippen molar-refractivity contribution in [2.75, 3.05) is 18.4 Å². The normalized spacial score (nSPS) is 11.2. The first kappa shape index (κ1) is 15.2. The summed E-state index contributed by atoms with van der Waals surface area (Å²) in [7, 11) is 0. The Morgan fingerprint density at radius 2 is 2.05 bits per heavy atom. The van der Waals surface area contributed by atoms with Crippen LogP contribution in [0.25, 0.3) is 0 Å². The number of anilines is 1. The zero-order chi connectivity index (χ0) is 14.3. The van der Waals surface area contributed by atoms with Crippen LogP contribution in [0.15, 0.2) is 12.1 Å². The number of nitrogens with one attached hydrogen (secondary N) is 2. The van der Waals surface area contributed by atoms with Crippen molar-refractivity contribution >= 4 is 11.7 Å². The molecule has 5 nitrogen and oxygen atoms in total. The summed E-state index contributed by atoms with van der Waals surface area (Å²) in [4.78, 5) is 11.5. The van der Waals surface area contributed by atoms with E-state index in [0.717, 1.165) is 0 Å². The Hall–Kier alpha value is -1.86. The molecule has 0 aliphatic carbocycles. The Bertz CT molecular complexity index is 405. The van der Waals surface area contributed by atoms with Crippen LogP contribution in [-0.2, 0) is 0 Å². The van der Waals surface area contributed by atoms with E-state index in [2.05, 4.69) is 20.8 Å². The van der Waals surface area contributed by atoms with Gasteiger partial charge in [0, 0.05) is 19.5 Å². The second-order valence-corrected chi connectivity index (χ2v) is 3.81. The molecule has 0 atom stereocenters. The average molecular weight is 276 g/mol. The van der Waals surface area contributed by atoms with Gasteiger partial charge in [0.05, 0.1) is 0 Å².